The van der Waals surface area contributed by atoms with Gasteiger partial charge in [0.2, 0.25) is 5.91 Å². The quantitative estimate of drug-likeness (QED) is 0.804. The average Bonchev–Trinajstić information content (AvgIpc) is 3.22. The molecule has 2 amide bonds. The Morgan fingerprint density at radius 3 is 2.52 bits per heavy atom. The molecule has 8 heteroatoms. The van der Waals surface area contributed by atoms with E-state index in [9.17, 15) is 14.4 Å². The van der Waals surface area contributed by atoms with Crippen LogP contribution in [0.5, 0.6) is 0 Å². The zero-order chi connectivity index (χ0) is 19.7. The maximum atomic E-state index is 13.0. The number of piperazine rings is 1. The van der Waals surface area contributed by atoms with Gasteiger partial charge in [0.1, 0.15) is 17.9 Å². The van der Waals surface area contributed by atoms with Gasteiger partial charge in [0.25, 0.3) is 5.91 Å². The molecule has 1 saturated carbocycles. The van der Waals surface area contributed by atoms with Crippen molar-refractivity contribution in [3.8, 4) is 0 Å². The molecule has 3 heterocycles. The Bertz CT molecular complexity index is 813. The van der Waals surface area contributed by atoms with E-state index in [0.717, 1.165) is 38.8 Å². The molecular formula is C21H30ClN3O4. The number of nitrogens with zero attached hydrogens (tertiary/aromatic N) is 2. The minimum atomic E-state index is -0.587. The maximum Gasteiger partial charge on any atom is 0.349 e. The summed E-state index contributed by atoms with van der Waals surface area (Å²) in [5.74, 6) is 0.409. The monoisotopic (exact) mass is 423 g/mol. The van der Waals surface area contributed by atoms with Crippen LogP contribution in [0.2, 0.25) is 0 Å². The zero-order valence-electron chi connectivity index (χ0n) is 16.9. The summed E-state index contributed by atoms with van der Waals surface area (Å²) in [4.78, 5) is 41.6. The Morgan fingerprint density at radius 1 is 1.14 bits per heavy atom. The number of amides is 2. The lowest BCUT2D eigenvalue weighted by molar-refractivity contribution is -0.137. The number of rotatable bonds is 3. The number of piperidine rings is 1. The topological polar surface area (TPSA) is 82.9 Å². The third-order valence-electron chi connectivity index (χ3n) is 6.39. The standard InChI is InChI=1S/C21H29N3O4.ClH/c1-14-11-17(15-5-4-8-22-12-15)28-21(27)19(14)20(26)23-9-10-24(18(25)13-23)16-6-2-3-7-16;/h11,15-16,22H,2-10,12-13H2,1H3;1H. The van der Waals surface area contributed by atoms with Crippen molar-refractivity contribution >= 4 is 24.2 Å². The van der Waals surface area contributed by atoms with Gasteiger partial charge in [0, 0.05) is 31.6 Å². The number of carbonyl (C=O) groups excluding carboxylic acids is 2. The lowest BCUT2D eigenvalue weighted by Gasteiger charge is -2.37. The van der Waals surface area contributed by atoms with Gasteiger partial charge in [0.15, 0.2) is 0 Å². The molecule has 160 valence electrons. The highest BCUT2D eigenvalue weighted by molar-refractivity contribution is 5.97. The molecule has 0 bridgehead atoms. The van der Waals surface area contributed by atoms with E-state index in [1.807, 2.05) is 11.0 Å². The number of carbonyl (C=O) groups is 2. The SMILES string of the molecule is Cc1cc(C2CCCNC2)oc(=O)c1C(=O)N1CCN(C2CCCC2)C(=O)C1.Cl. The molecule has 1 aliphatic carbocycles. The van der Waals surface area contributed by atoms with E-state index >= 15 is 0 Å². The van der Waals surface area contributed by atoms with Crippen molar-refractivity contribution in [3.63, 3.8) is 0 Å². The van der Waals surface area contributed by atoms with Crippen LogP contribution in [0.25, 0.3) is 0 Å². The van der Waals surface area contributed by atoms with Crippen molar-refractivity contribution in [1.29, 1.82) is 0 Å². The van der Waals surface area contributed by atoms with E-state index in [-0.39, 0.29) is 42.2 Å². The number of aryl methyl sites for hydroxylation is 1. The lowest BCUT2D eigenvalue weighted by Crippen LogP contribution is -2.55. The molecule has 3 fully saturated rings. The molecule has 2 saturated heterocycles. The third-order valence-corrected chi connectivity index (χ3v) is 6.39. The van der Waals surface area contributed by atoms with Crippen molar-refractivity contribution in [2.45, 2.75) is 57.4 Å². The first kappa shape index (κ1) is 21.8. The maximum absolute atomic E-state index is 13.0. The summed E-state index contributed by atoms with van der Waals surface area (Å²) in [6.45, 7) is 4.60. The fourth-order valence-electron chi connectivity index (χ4n) is 4.81. The highest BCUT2D eigenvalue weighted by Crippen LogP contribution is 2.26. The molecular weight excluding hydrogens is 394 g/mol. The van der Waals surface area contributed by atoms with Gasteiger partial charge in [0.05, 0.1) is 0 Å². The van der Waals surface area contributed by atoms with E-state index in [1.54, 1.807) is 6.92 Å². The molecule has 3 aliphatic rings. The second-order valence-electron chi connectivity index (χ2n) is 8.29. The Hall–Kier alpha value is -1.86. The summed E-state index contributed by atoms with van der Waals surface area (Å²) in [6.07, 6.45) is 6.46. The van der Waals surface area contributed by atoms with Gasteiger partial charge in [-0.05, 0) is 50.8 Å². The molecule has 1 unspecified atom stereocenters. The molecule has 0 spiro atoms. The Labute approximate surface area is 177 Å². The van der Waals surface area contributed by atoms with Crippen molar-refractivity contribution in [2.24, 2.45) is 0 Å². The van der Waals surface area contributed by atoms with Crippen LogP contribution in [0.4, 0.5) is 0 Å². The van der Waals surface area contributed by atoms with E-state index in [0.29, 0.717) is 30.5 Å². The molecule has 1 aromatic heterocycles. The van der Waals surface area contributed by atoms with Gasteiger partial charge < -0.3 is 19.5 Å². The minimum absolute atomic E-state index is 0. The van der Waals surface area contributed by atoms with Crippen LogP contribution < -0.4 is 10.9 Å². The number of hydrogen-bond acceptors (Lipinski definition) is 5. The number of hydrogen-bond donors (Lipinski definition) is 1. The van der Waals surface area contributed by atoms with Crippen LogP contribution in [0, 0.1) is 6.92 Å². The van der Waals surface area contributed by atoms with Crippen molar-refractivity contribution in [2.75, 3.05) is 32.7 Å². The Kier molecular flexibility index (Phi) is 7.01. The summed E-state index contributed by atoms with van der Waals surface area (Å²) >= 11 is 0. The minimum Gasteiger partial charge on any atom is -0.427 e. The second-order valence-corrected chi connectivity index (χ2v) is 8.29. The van der Waals surface area contributed by atoms with E-state index < -0.39 is 5.63 Å². The predicted octanol–water partition coefficient (Wildman–Crippen LogP) is 2.06. The van der Waals surface area contributed by atoms with Crippen molar-refractivity contribution in [1.82, 2.24) is 15.1 Å². The summed E-state index contributed by atoms with van der Waals surface area (Å²) in [6, 6.07) is 2.14. The van der Waals surface area contributed by atoms with Crippen molar-refractivity contribution < 1.29 is 14.0 Å². The summed E-state index contributed by atoms with van der Waals surface area (Å²) < 4.78 is 5.53. The van der Waals surface area contributed by atoms with E-state index in [2.05, 4.69) is 5.32 Å². The fraction of sp³-hybridized carbons (Fsp3) is 0.667. The molecule has 0 radical (unpaired) electrons. The molecule has 2 aliphatic heterocycles. The van der Waals surface area contributed by atoms with Gasteiger partial charge in [-0.3, -0.25) is 9.59 Å². The molecule has 0 aromatic carbocycles. The molecule has 7 nitrogen and oxygen atoms in total. The molecule has 1 atom stereocenters. The van der Waals surface area contributed by atoms with Crippen LogP contribution in [0.1, 0.15) is 66.1 Å². The van der Waals surface area contributed by atoms with Crippen LogP contribution in [-0.4, -0.2) is 60.4 Å². The van der Waals surface area contributed by atoms with Crippen LogP contribution >= 0.6 is 12.4 Å². The molecule has 4 rings (SSSR count). The first-order chi connectivity index (χ1) is 13.5. The van der Waals surface area contributed by atoms with E-state index in [4.69, 9.17) is 4.42 Å². The van der Waals surface area contributed by atoms with Crippen LogP contribution in [-0.2, 0) is 4.79 Å². The fourth-order valence-corrected chi connectivity index (χ4v) is 4.81. The highest BCUT2D eigenvalue weighted by Gasteiger charge is 2.34. The van der Waals surface area contributed by atoms with Crippen LogP contribution in [0.15, 0.2) is 15.3 Å². The first-order valence-corrected chi connectivity index (χ1v) is 10.5. The third kappa shape index (κ3) is 4.51. The largest absolute Gasteiger partial charge is 0.427 e. The van der Waals surface area contributed by atoms with Gasteiger partial charge in [-0.15, -0.1) is 12.4 Å². The smallest absolute Gasteiger partial charge is 0.349 e. The normalized spacial score (nSPS) is 23.2. The highest BCUT2D eigenvalue weighted by atomic mass is 35.5. The summed E-state index contributed by atoms with van der Waals surface area (Å²) in [7, 11) is 0. The van der Waals surface area contributed by atoms with Gasteiger partial charge >= 0.3 is 5.63 Å². The Morgan fingerprint density at radius 2 is 1.90 bits per heavy atom. The first-order valence-electron chi connectivity index (χ1n) is 10.5. The zero-order valence-corrected chi connectivity index (χ0v) is 17.8. The number of nitrogens with one attached hydrogen (secondary N) is 1. The van der Waals surface area contributed by atoms with Gasteiger partial charge in [-0.1, -0.05) is 12.8 Å². The molecule has 1 aromatic rings. The Balaban J connectivity index is 0.00000240. The summed E-state index contributed by atoms with van der Waals surface area (Å²) in [5.41, 5.74) is 0.110. The second kappa shape index (κ2) is 9.30. The lowest BCUT2D eigenvalue weighted by atomic mass is 9.95. The molecule has 1 N–H and O–H groups in total. The van der Waals surface area contributed by atoms with Gasteiger partial charge in [-0.2, -0.15) is 0 Å². The van der Waals surface area contributed by atoms with E-state index in [1.165, 1.54) is 17.7 Å². The molecule has 29 heavy (non-hydrogen) atoms. The summed E-state index contributed by atoms with van der Waals surface area (Å²) in [5, 5.41) is 3.31. The van der Waals surface area contributed by atoms with Crippen molar-refractivity contribution in [3.05, 3.63) is 33.4 Å². The average molecular weight is 424 g/mol. The van der Waals surface area contributed by atoms with Gasteiger partial charge in [-0.25, -0.2) is 4.79 Å². The number of halogens is 1. The van der Waals surface area contributed by atoms with Crippen LogP contribution in [0.3, 0.4) is 0 Å². The predicted molar refractivity (Wildman–Crippen MR) is 112 cm³/mol.